The summed E-state index contributed by atoms with van der Waals surface area (Å²) in [7, 11) is 3.07. The molecule has 82 valence electrons. The topological polar surface area (TPSA) is 32.3 Å². The molecule has 1 aliphatic carbocycles. The van der Waals surface area contributed by atoms with Crippen LogP contribution in [0.15, 0.2) is 0 Å². The molecule has 3 atom stereocenters. The second-order valence-corrected chi connectivity index (χ2v) is 3.45. The summed E-state index contributed by atoms with van der Waals surface area (Å²) in [6.07, 6.45) is 2.78. The smallest absolute Gasteiger partial charge is 0.0319 e. The zero-order valence-electron chi connectivity index (χ0n) is 10.1. The quantitative estimate of drug-likeness (QED) is 0.663. The third-order valence-corrected chi connectivity index (χ3v) is 2.49. The molecule has 13 heavy (non-hydrogen) atoms. The Balaban J connectivity index is 0. The maximum Gasteiger partial charge on any atom is 0.0319 e. The summed E-state index contributed by atoms with van der Waals surface area (Å²) in [6.45, 7) is 8.68. The van der Waals surface area contributed by atoms with Crippen LogP contribution in [0.4, 0.5) is 0 Å². The molecule has 2 N–H and O–H groups in total. The van der Waals surface area contributed by atoms with Crippen molar-refractivity contribution in [2.75, 3.05) is 14.2 Å². The molecule has 0 amide bonds. The summed E-state index contributed by atoms with van der Waals surface area (Å²) in [5.74, 6) is 1.84. The summed E-state index contributed by atoms with van der Waals surface area (Å²) in [5.41, 5.74) is 0. The van der Waals surface area contributed by atoms with Gasteiger partial charge in [0.15, 0.2) is 0 Å². The molecule has 0 aromatic rings. The fourth-order valence-electron chi connectivity index (χ4n) is 1.96. The van der Waals surface area contributed by atoms with Crippen LogP contribution in [0, 0.1) is 11.8 Å². The molecule has 0 bridgehead atoms. The lowest BCUT2D eigenvalue weighted by Crippen LogP contribution is -2.27. The molecule has 0 saturated heterocycles. The van der Waals surface area contributed by atoms with Crippen molar-refractivity contribution in [1.82, 2.24) is 5.32 Å². The van der Waals surface area contributed by atoms with Crippen LogP contribution >= 0.6 is 0 Å². The molecule has 2 heteroatoms. The first kappa shape index (κ1) is 15.4. The maximum atomic E-state index is 7.00. The third-order valence-electron chi connectivity index (χ3n) is 2.49. The van der Waals surface area contributed by atoms with Gasteiger partial charge in [-0.15, -0.1) is 0 Å². The molecule has 1 rings (SSSR count). The molecule has 0 spiro atoms. The number of hydrogen-bond donors (Lipinski definition) is 2. The van der Waals surface area contributed by atoms with E-state index in [2.05, 4.69) is 26.2 Å². The van der Waals surface area contributed by atoms with Crippen molar-refractivity contribution in [1.29, 1.82) is 0 Å². The van der Waals surface area contributed by atoms with Crippen LogP contribution in [0.25, 0.3) is 0 Å². The van der Waals surface area contributed by atoms with E-state index in [4.69, 9.17) is 5.11 Å². The van der Waals surface area contributed by atoms with Crippen molar-refractivity contribution in [3.05, 3.63) is 0 Å². The normalized spacial score (nSPS) is 31.2. The lowest BCUT2D eigenvalue weighted by Gasteiger charge is -2.12. The van der Waals surface area contributed by atoms with Crippen LogP contribution in [0.5, 0.6) is 0 Å². The Bertz CT molecular complexity index is 96.1. The Morgan fingerprint density at radius 2 is 1.54 bits per heavy atom. The number of aliphatic hydroxyl groups is 1. The van der Waals surface area contributed by atoms with Crippen molar-refractivity contribution in [2.24, 2.45) is 11.8 Å². The molecule has 0 aromatic carbocycles. The van der Waals surface area contributed by atoms with Gasteiger partial charge >= 0.3 is 0 Å². The SMILES string of the molecule is CC.CNC1CC(C)CC1C.CO. The maximum absolute atomic E-state index is 7.00. The van der Waals surface area contributed by atoms with E-state index < -0.39 is 0 Å². The highest BCUT2D eigenvalue weighted by Gasteiger charge is 2.26. The molecule has 0 aliphatic heterocycles. The fraction of sp³-hybridized carbons (Fsp3) is 1.00. The summed E-state index contributed by atoms with van der Waals surface area (Å²) >= 11 is 0. The van der Waals surface area contributed by atoms with Crippen molar-refractivity contribution in [2.45, 2.75) is 46.6 Å². The molecule has 2 nitrogen and oxygen atoms in total. The van der Waals surface area contributed by atoms with Crippen molar-refractivity contribution < 1.29 is 5.11 Å². The number of rotatable bonds is 1. The van der Waals surface area contributed by atoms with Crippen LogP contribution < -0.4 is 5.32 Å². The van der Waals surface area contributed by atoms with Gasteiger partial charge in [0.2, 0.25) is 0 Å². The standard InChI is InChI=1S/C8H17N.C2H6.CH4O/c1-6-4-7(2)8(5-6)9-3;2*1-2/h6-9H,4-5H2,1-3H3;1-2H3;2H,1H3. The van der Waals surface area contributed by atoms with Gasteiger partial charge in [0.1, 0.15) is 0 Å². The second kappa shape index (κ2) is 10.0. The molecular weight excluding hydrogens is 162 g/mol. The van der Waals surface area contributed by atoms with Crippen molar-refractivity contribution in [3.8, 4) is 0 Å². The lowest BCUT2D eigenvalue weighted by molar-refractivity contribution is 0.399. The van der Waals surface area contributed by atoms with E-state index >= 15 is 0 Å². The molecule has 3 unspecified atom stereocenters. The van der Waals surface area contributed by atoms with Gasteiger partial charge < -0.3 is 10.4 Å². The second-order valence-electron chi connectivity index (χ2n) is 3.45. The average molecular weight is 189 g/mol. The zero-order valence-corrected chi connectivity index (χ0v) is 10.1. The van der Waals surface area contributed by atoms with E-state index in [1.165, 1.54) is 12.8 Å². The summed E-state index contributed by atoms with van der Waals surface area (Å²) in [4.78, 5) is 0. The first-order chi connectivity index (χ1) is 6.24. The predicted molar refractivity (Wildman–Crippen MR) is 59.9 cm³/mol. The molecule has 0 heterocycles. The van der Waals surface area contributed by atoms with Gasteiger partial charge in [0.05, 0.1) is 0 Å². The Labute approximate surface area is 83.7 Å². The Morgan fingerprint density at radius 3 is 1.69 bits per heavy atom. The van der Waals surface area contributed by atoms with E-state index in [0.717, 1.165) is 25.0 Å². The lowest BCUT2D eigenvalue weighted by atomic mass is 10.1. The minimum atomic E-state index is 0.792. The number of hydrogen-bond acceptors (Lipinski definition) is 2. The van der Waals surface area contributed by atoms with E-state index in [0.29, 0.717) is 0 Å². The van der Waals surface area contributed by atoms with Gasteiger partial charge in [-0.25, -0.2) is 0 Å². The van der Waals surface area contributed by atoms with Gasteiger partial charge in [0, 0.05) is 13.2 Å². The van der Waals surface area contributed by atoms with Gasteiger partial charge in [-0.2, -0.15) is 0 Å². The van der Waals surface area contributed by atoms with E-state index in [-0.39, 0.29) is 0 Å². The Hall–Kier alpha value is -0.0800. The number of aliphatic hydroxyl groups excluding tert-OH is 1. The predicted octanol–water partition coefficient (Wildman–Crippen LogP) is 2.28. The highest BCUT2D eigenvalue weighted by Crippen LogP contribution is 2.29. The zero-order chi connectivity index (χ0) is 10.9. The Morgan fingerprint density at radius 1 is 1.08 bits per heavy atom. The monoisotopic (exact) mass is 189 g/mol. The van der Waals surface area contributed by atoms with Crippen LogP contribution in [0.2, 0.25) is 0 Å². The molecule has 1 saturated carbocycles. The minimum absolute atomic E-state index is 0.792. The van der Waals surface area contributed by atoms with Gasteiger partial charge in [-0.1, -0.05) is 27.7 Å². The molecule has 0 radical (unpaired) electrons. The van der Waals surface area contributed by atoms with Crippen molar-refractivity contribution in [3.63, 3.8) is 0 Å². The average Bonchev–Trinajstić information content (AvgIpc) is 2.51. The molecule has 1 fully saturated rings. The first-order valence-corrected chi connectivity index (χ1v) is 5.36. The third kappa shape index (κ3) is 6.05. The van der Waals surface area contributed by atoms with Gasteiger partial charge in [-0.05, 0) is 31.7 Å². The van der Waals surface area contributed by atoms with Gasteiger partial charge in [-0.3, -0.25) is 0 Å². The van der Waals surface area contributed by atoms with Crippen LogP contribution in [-0.4, -0.2) is 25.3 Å². The van der Waals surface area contributed by atoms with Gasteiger partial charge in [0.25, 0.3) is 0 Å². The van der Waals surface area contributed by atoms with Crippen LogP contribution in [-0.2, 0) is 0 Å². The molecule has 0 aromatic heterocycles. The van der Waals surface area contributed by atoms with E-state index in [1.807, 2.05) is 13.8 Å². The van der Waals surface area contributed by atoms with E-state index in [9.17, 15) is 0 Å². The van der Waals surface area contributed by atoms with Crippen LogP contribution in [0.3, 0.4) is 0 Å². The first-order valence-electron chi connectivity index (χ1n) is 5.36. The van der Waals surface area contributed by atoms with Crippen LogP contribution in [0.1, 0.15) is 40.5 Å². The largest absolute Gasteiger partial charge is 0.400 e. The van der Waals surface area contributed by atoms with Crippen molar-refractivity contribution >= 4 is 0 Å². The summed E-state index contributed by atoms with van der Waals surface area (Å²) in [5, 5.41) is 10.3. The molecule has 1 aliphatic rings. The fourth-order valence-corrected chi connectivity index (χ4v) is 1.96. The van der Waals surface area contributed by atoms with E-state index in [1.54, 1.807) is 0 Å². The highest BCUT2D eigenvalue weighted by molar-refractivity contribution is 4.82. The number of nitrogens with one attached hydrogen (secondary N) is 1. The Kier molecular flexibility index (Phi) is 11.8. The molecular formula is C11H27NO. The summed E-state index contributed by atoms with van der Waals surface area (Å²) in [6, 6.07) is 0.792. The highest BCUT2D eigenvalue weighted by atomic mass is 16.2. The summed E-state index contributed by atoms with van der Waals surface area (Å²) < 4.78 is 0. The minimum Gasteiger partial charge on any atom is -0.400 e.